The second-order valence-corrected chi connectivity index (χ2v) is 8.71. The first-order chi connectivity index (χ1) is 11.6. The van der Waals surface area contributed by atoms with E-state index in [0.29, 0.717) is 0 Å². The number of nitrogens with zero attached hydrogens (tertiary/aromatic N) is 3. The fourth-order valence-electron chi connectivity index (χ4n) is 3.57. The first-order valence-corrected chi connectivity index (χ1v) is 9.57. The van der Waals surface area contributed by atoms with Crippen LogP contribution < -0.4 is 0 Å². The summed E-state index contributed by atoms with van der Waals surface area (Å²) in [6, 6.07) is -0.0167. The molecular weight excluding hydrogens is 318 g/mol. The van der Waals surface area contributed by atoms with Crippen LogP contribution in [0.15, 0.2) is 0 Å². The van der Waals surface area contributed by atoms with Crippen molar-refractivity contribution >= 4 is 12.0 Å². The summed E-state index contributed by atoms with van der Waals surface area (Å²) in [5.41, 5.74) is -0.488. The number of carbonyl (C=O) groups is 2. The molecular formula is C19H35N3O3. The van der Waals surface area contributed by atoms with Crippen LogP contribution in [0.3, 0.4) is 0 Å². The van der Waals surface area contributed by atoms with E-state index in [1.54, 1.807) is 11.9 Å². The zero-order chi connectivity index (χ0) is 18.8. The van der Waals surface area contributed by atoms with Crippen LogP contribution >= 0.6 is 0 Å². The van der Waals surface area contributed by atoms with Crippen LogP contribution in [0, 0.1) is 5.92 Å². The Morgan fingerprint density at radius 1 is 1.12 bits per heavy atom. The lowest BCUT2D eigenvalue weighted by atomic mass is 9.99. The van der Waals surface area contributed by atoms with Crippen LogP contribution in [0.25, 0.3) is 0 Å². The Kier molecular flexibility index (Phi) is 6.35. The van der Waals surface area contributed by atoms with Gasteiger partial charge in [0.05, 0.1) is 6.04 Å². The molecule has 2 heterocycles. The molecule has 0 aromatic carbocycles. The summed E-state index contributed by atoms with van der Waals surface area (Å²) in [6.45, 7) is 13.2. The zero-order valence-corrected chi connectivity index (χ0v) is 16.7. The third kappa shape index (κ3) is 5.33. The monoisotopic (exact) mass is 353 g/mol. The molecule has 0 aromatic rings. The normalized spacial score (nSPS) is 24.2. The molecule has 0 N–H and O–H groups in total. The summed E-state index contributed by atoms with van der Waals surface area (Å²) in [7, 11) is 1.79. The van der Waals surface area contributed by atoms with Gasteiger partial charge in [-0.15, -0.1) is 0 Å². The molecule has 6 nitrogen and oxygen atoms in total. The summed E-state index contributed by atoms with van der Waals surface area (Å²) in [5.74, 6) is 0.950. The van der Waals surface area contributed by atoms with Gasteiger partial charge in [-0.3, -0.25) is 9.69 Å². The fraction of sp³-hybridized carbons (Fsp3) is 0.895. The van der Waals surface area contributed by atoms with Gasteiger partial charge in [0.25, 0.3) is 0 Å². The average Bonchev–Trinajstić information content (AvgIpc) is 3.01. The number of carbonyl (C=O) groups excluding carboxylic acids is 2. The van der Waals surface area contributed by atoms with Crippen LogP contribution in [0.4, 0.5) is 4.79 Å². The smallest absolute Gasteiger partial charge is 0.410 e. The number of hydrogen-bond acceptors (Lipinski definition) is 4. The van der Waals surface area contributed by atoms with E-state index in [2.05, 4.69) is 11.8 Å². The summed E-state index contributed by atoms with van der Waals surface area (Å²) in [5, 5.41) is 0. The van der Waals surface area contributed by atoms with E-state index >= 15 is 0 Å². The maximum Gasteiger partial charge on any atom is 0.410 e. The lowest BCUT2D eigenvalue weighted by Crippen LogP contribution is -2.49. The van der Waals surface area contributed by atoms with Gasteiger partial charge in [-0.2, -0.15) is 0 Å². The first-order valence-electron chi connectivity index (χ1n) is 9.57. The Balaban J connectivity index is 1.86. The molecule has 6 heteroatoms. The molecule has 2 atom stereocenters. The molecule has 2 fully saturated rings. The zero-order valence-electron chi connectivity index (χ0n) is 16.7. The highest BCUT2D eigenvalue weighted by molar-refractivity contribution is 5.81. The molecule has 0 unspecified atom stereocenters. The Morgan fingerprint density at radius 2 is 1.72 bits per heavy atom. The number of amides is 2. The molecule has 0 spiro atoms. The standard InChI is InChI=1S/C19H35N3O3/c1-14-7-10-21(11-8-14)17(23)15(2)22-12-9-16(13-22)20(6)18(24)25-19(3,4)5/h14-16H,7-13H2,1-6H3/t15-,16-/m1/s1. The average molecular weight is 354 g/mol. The quantitative estimate of drug-likeness (QED) is 0.782. The van der Waals surface area contributed by atoms with Crippen molar-refractivity contribution in [1.82, 2.24) is 14.7 Å². The number of ether oxygens (including phenoxy) is 1. The van der Waals surface area contributed by atoms with Crippen molar-refractivity contribution in [2.45, 2.75) is 71.6 Å². The van der Waals surface area contributed by atoms with Crippen LogP contribution in [-0.2, 0) is 9.53 Å². The number of hydrogen-bond donors (Lipinski definition) is 0. The van der Waals surface area contributed by atoms with Crippen molar-refractivity contribution in [3.8, 4) is 0 Å². The van der Waals surface area contributed by atoms with E-state index < -0.39 is 5.60 Å². The van der Waals surface area contributed by atoms with Gasteiger partial charge in [-0.1, -0.05) is 6.92 Å². The molecule has 144 valence electrons. The van der Waals surface area contributed by atoms with Crippen LogP contribution in [0.2, 0.25) is 0 Å². The number of likely N-dealkylation sites (tertiary alicyclic amines) is 2. The Labute approximate surface area is 152 Å². The predicted molar refractivity (Wildman–Crippen MR) is 98.4 cm³/mol. The second-order valence-electron chi connectivity index (χ2n) is 8.71. The minimum Gasteiger partial charge on any atom is -0.444 e. The topological polar surface area (TPSA) is 53.1 Å². The highest BCUT2D eigenvalue weighted by Crippen LogP contribution is 2.22. The van der Waals surface area contributed by atoms with Gasteiger partial charge < -0.3 is 14.5 Å². The van der Waals surface area contributed by atoms with Gasteiger partial charge in [0.1, 0.15) is 5.60 Å². The summed E-state index contributed by atoms with van der Waals surface area (Å²) < 4.78 is 5.45. The lowest BCUT2D eigenvalue weighted by molar-refractivity contribution is -0.137. The number of rotatable bonds is 3. The highest BCUT2D eigenvalue weighted by Gasteiger charge is 2.36. The Hall–Kier alpha value is -1.30. The van der Waals surface area contributed by atoms with Crippen molar-refractivity contribution in [3.05, 3.63) is 0 Å². The summed E-state index contributed by atoms with van der Waals surface area (Å²) >= 11 is 0. The molecule has 0 radical (unpaired) electrons. The molecule has 2 aliphatic rings. The van der Waals surface area contributed by atoms with Crippen molar-refractivity contribution in [2.24, 2.45) is 5.92 Å². The maximum atomic E-state index is 12.8. The van der Waals surface area contributed by atoms with Gasteiger partial charge in [0.15, 0.2) is 0 Å². The van der Waals surface area contributed by atoms with Gasteiger partial charge >= 0.3 is 6.09 Å². The molecule has 0 aliphatic carbocycles. The van der Waals surface area contributed by atoms with E-state index in [-0.39, 0.29) is 24.1 Å². The molecule has 0 bridgehead atoms. The Morgan fingerprint density at radius 3 is 2.28 bits per heavy atom. The van der Waals surface area contributed by atoms with E-state index in [4.69, 9.17) is 4.74 Å². The van der Waals surface area contributed by atoms with Crippen LogP contribution in [-0.4, -0.2) is 77.6 Å². The van der Waals surface area contributed by atoms with E-state index in [1.807, 2.05) is 32.6 Å². The first kappa shape index (κ1) is 20.0. The van der Waals surface area contributed by atoms with Crippen LogP contribution in [0.1, 0.15) is 53.9 Å². The molecule has 25 heavy (non-hydrogen) atoms. The van der Waals surface area contributed by atoms with Crippen molar-refractivity contribution < 1.29 is 14.3 Å². The largest absolute Gasteiger partial charge is 0.444 e. The van der Waals surface area contributed by atoms with E-state index in [0.717, 1.165) is 51.4 Å². The minimum atomic E-state index is -0.488. The van der Waals surface area contributed by atoms with Gasteiger partial charge in [0.2, 0.25) is 5.91 Å². The van der Waals surface area contributed by atoms with Gasteiger partial charge in [0, 0.05) is 39.3 Å². The van der Waals surface area contributed by atoms with Crippen molar-refractivity contribution in [1.29, 1.82) is 0 Å². The minimum absolute atomic E-state index is 0.103. The molecule has 2 amide bonds. The van der Waals surface area contributed by atoms with E-state index in [1.165, 1.54) is 0 Å². The maximum absolute atomic E-state index is 12.8. The number of likely N-dealkylation sites (N-methyl/N-ethyl adjacent to an activating group) is 1. The van der Waals surface area contributed by atoms with Gasteiger partial charge in [-0.05, 0) is 52.9 Å². The Bertz CT molecular complexity index is 481. The van der Waals surface area contributed by atoms with Crippen molar-refractivity contribution in [3.63, 3.8) is 0 Å². The molecule has 0 saturated carbocycles. The number of piperidine rings is 1. The molecule has 2 rings (SSSR count). The summed E-state index contributed by atoms with van der Waals surface area (Å²) in [6.07, 6.45) is 2.79. The second kappa shape index (κ2) is 7.94. The van der Waals surface area contributed by atoms with Crippen molar-refractivity contribution in [2.75, 3.05) is 33.2 Å². The third-order valence-electron chi connectivity index (χ3n) is 5.42. The molecule has 2 saturated heterocycles. The SMILES string of the molecule is CC1CCN(C(=O)[C@@H](C)N2CC[C@@H](N(C)C(=O)OC(C)(C)C)C2)CC1. The summed E-state index contributed by atoms with van der Waals surface area (Å²) in [4.78, 5) is 30.9. The fourth-order valence-corrected chi connectivity index (χ4v) is 3.57. The lowest BCUT2D eigenvalue weighted by Gasteiger charge is -2.35. The van der Waals surface area contributed by atoms with Gasteiger partial charge in [-0.25, -0.2) is 4.79 Å². The third-order valence-corrected chi connectivity index (χ3v) is 5.42. The van der Waals surface area contributed by atoms with E-state index in [9.17, 15) is 9.59 Å². The highest BCUT2D eigenvalue weighted by atomic mass is 16.6. The molecule has 0 aromatic heterocycles. The van der Waals surface area contributed by atoms with Crippen LogP contribution in [0.5, 0.6) is 0 Å². The predicted octanol–water partition coefficient (Wildman–Crippen LogP) is 2.57. The molecule has 2 aliphatic heterocycles.